The molecule has 0 aliphatic rings. The summed E-state index contributed by atoms with van der Waals surface area (Å²) in [7, 11) is 0. The lowest BCUT2D eigenvalue weighted by atomic mass is 9.89. The van der Waals surface area contributed by atoms with Crippen LogP contribution < -0.4 is 22.9 Å². The summed E-state index contributed by atoms with van der Waals surface area (Å²) >= 11 is 0. The maximum Gasteiger partial charge on any atom is 0.338 e. The number of carboxylic acids is 2. The van der Waals surface area contributed by atoms with Gasteiger partial charge in [-0.15, -0.1) is 0 Å². The monoisotopic (exact) mass is 278 g/mol. The second-order valence-electron chi connectivity index (χ2n) is 4.63. The minimum absolute atomic E-state index is 0.0448. The molecule has 9 nitrogen and oxygen atoms in total. The summed E-state index contributed by atoms with van der Waals surface area (Å²) in [6, 6.07) is -1.05. The van der Waals surface area contributed by atoms with Crippen molar-refractivity contribution in [3.05, 3.63) is 0 Å². The Morgan fingerprint density at radius 3 is 2.05 bits per heavy atom. The van der Waals surface area contributed by atoms with Gasteiger partial charge in [-0.05, 0) is 25.3 Å². The number of nitrogens with two attached hydrogens (primary N) is 4. The normalized spacial score (nSPS) is 16.7. The molecule has 0 fully saturated rings. The molecule has 112 valence electrons. The topological polar surface area (TPSA) is 199 Å². The van der Waals surface area contributed by atoms with Gasteiger partial charge in [0.05, 0.1) is 6.10 Å². The zero-order valence-corrected chi connectivity index (χ0v) is 10.5. The number of carbonyl (C=O) groups is 2. The summed E-state index contributed by atoms with van der Waals surface area (Å²) in [6.45, 7) is 0.0448. The Bertz CT molecular complexity index is 323. The Hall–Kier alpha value is -1.26. The Kier molecular flexibility index (Phi) is 6.87. The zero-order valence-electron chi connectivity index (χ0n) is 10.5. The van der Waals surface area contributed by atoms with Crippen LogP contribution in [0.25, 0.3) is 0 Å². The summed E-state index contributed by atoms with van der Waals surface area (Å²) in [5.41, 5.74) is 19.4. The van der Waals surface area contributed by atoms with Gasteiger partial charge in [0, 0.05) is 6.42 Å². The highest BCUT2D eigenvalue weighted by molar-refractivity contribution is 5.77. The van der Waals surface area contributed by atoms with Crippen molar-refractivity contribution < 1.29 is 24.9 Å². The minimum Gasteiger partial charge on any atom is -0.480 e. The van der Waals surface area contributed by atoms with E-state index in [1.165, 1.54) is 0 Å². The van der Waals surface area contributed by atoms with E-state index in [-0.39, 0.29) is 25.8 Å². The molecule has 0 saturated heterocycles. The lowest BCUT2D eigenvalue weighted by Crippen LogP contribution is -2.59. The molecule has 0 aliphatic heterocycles. The van der Waals surface area contributed by atoms with Crippen LogP contribution in [0, 0.1) is 5.92 Å². The van der Waals surface area contributed by atoms with Crippen LogP contribution in [0.4, 0.5) is 0 Å². The van der Waals surface area contributed by atoms with Crippen LogP contribution >= 0.6 is 0 Å². The number of aliphatic hydroxyl groups excluding tert-OH is 1. The molecule has 0 amide bonds. The predicted molar refractivity (Wildman–Crippen MR) is 66.8 cm³/mol. The fourth-order valence-electron chi connectivity index (χ4n) is 1.58. The average Bonchev–Trinajstić information content (AvgIpc) is 2.28. The summed E-state index contributed by atoms with van der Waals surface area (Å²) in [4.78, 5) is 21.3. The first-order chi connectivity index (χ1) is 8.61. The van der Waals surface area contributed by atoms with Crippen LogP contribution in [0.2, 0.25) is 0 Å². The van der Waals surface area contributed by atoms with Crippen LogP contribution in [0.1, 0.15) is 19.3 Å². The summed E-state index contributed by atoms with van der Waals surface area (Å²) < 4.78 is 0. The molecule has 0 saturated carbocycles. The van der Waals surface area contributed by atoms with Crippen LogP contribution in [0.15, 0.2) is 0 Å². The van der Waals surface area contributed by atoms with E-state index in [1.807, 2.05) is 0 Å². The maximum atomic E-state index is 10.7. The molecule has 0 rings (SSSR count). The molecule has 2 unspecified atom stereocenters. The summed E-state index contributed by atoms with van der Waals surface area (Å²) in [5, 5.41) is 27.2. The summed E-state index contributed by atoms with van der Waals surface area (Å²) in [5.74, 6) is -3.11. The van der Waals surface area contributed by atoms with Gasteiger partial charge in [-0.25, -0.2) is 4.79 Å². The quantitative estimate of drug-likeness (QED) is 0.217. The van der Waals surface area contributed by atoms with E-state index in [9.17, 15) is 14.7 Å². The van der Waals surface area contributed by atoms with Crippen molar-refractivity contribution in [2.75, 3.05) is 6.54 Å². The predicted octanol–water partition coefficient (Wildman–Crippen LogP) is -2.80. The van der Waals surface area contributed by atoms with Gasteiger partial charge in [0.15, 0.2) is 5.66 Å². The van der Waals surface area contributed by atoms with E-state index in [1.54, 1.807) is 0 Å². The molecule has 11 N–H and O–H groups in total. The lowest BCUT2D eigenvalue weighted by Gasteiger charge is -2.28. The van der Waals surface area contributed by atoms with Crippen LogP contribution in [-0.4, -0.2) is 51.6 Å². The molecule has 0 aromatic rings. The van der Waals surface area contributed by atoms with Gasteiger partial charge in [0.1, 0.15) is 6.04 Å². The second-order valence-corrected chi connectivity index (χ2v) is 4.63. The van der Waals surface area contributed by atoms with Gasteiger partial charge in [0.2, 0.25) is 0 Å². The zero-order chi connectivity index (χ0) is 15.2. The van der Waals surface area contributed by atoms with Crippen molar-refractivity contribution in [1.82, 2.24) is 0 Å². The summed E-state index contributed by atoms with van der Waals surface area (Å²) in [6.07, 6.45) is -1.17. The van der Waals surface area contributed by atoms with E-state index in [4.69, 9.17) is 33.1 Å². The van der Waals surface area contributed by atoms with E-state index in [2.05, 4.69) is 0 Å². The number of carboxylic acid groups (broad SMARTS) is 2. The van der Waals surface area contributed by atoms with E-state index in [0.29, 0.717) is 0 Å². The molecule has 0 aliphatic carbocycles. The van der Waals surface area contributed by atoms with Gasteiger partial charge >= 0.3 is 11.9 Å². The van der Waals surface area contributed by atoms with Crippen molar-refractivity contribution in [3.8, 4) is 0 Å². The van der Waals surface area contributed by atoms with Gasteiger partial charge in [-0.1, -0.05) is 0 Å². The Morgan fingerprint density at radius 1 is 1.16 bits per heavy atom. The van der Waals surface area contributed by atoms with E-state index < -0.39 is 35.7 Å². The van der Waals surface area contributed by atoms with Crippen molar-refractivity contribution in [2.45, 2.75) is 37.1 Å². The Balaban J connectivity index is 4.44. The molecular formula is C10H22N4O5. The molecule has 0 heterocycles. The van der Waals surface area contributed by atoms with Gasteiger partial charge in [-0.2, -0.15) is 0 Å². The van der Waals surface area contributed by atoms with E-state index in [0.717, 1.165) is 0 Å². The van der Waals surface area contributed by atoms with Crippen LogP contribution in [-0.2, 0) is 9.59 Å². The Morgan fingerprint density at radius 2 is 1.68 bits per heavy atom. The fourth-order valence-corrected chi connectivity index (χ4v) is 1.58. The third-order valence-electron chi connectivity index (χ3n) is 2.96. The molecule has 0 aromatic carbocycles. The third-order valence-corrected chi connectivity index (χ3v) is 2.96. The number of hydrogen-bond acceptors (Lipinski definition) is 7. The number of aliphatic carboxylic acids is 2. The van der Waals surface area contributed by atoms with Crippen molar-refractivity contribution in [3.63, 3.8) is 0 Å². The number of hydrogen-bond donors (Lipinski definition) is 7. The van der Waals surface area contributed by atoms with Gasteiger partial charge in [-0.3, -0.25) is 4.79 Å². The number of aliphatic hydroxyl groups is 1. The van der Waals surface area contributed by atoms with Crippen molar-refractivity contribution >= 4 is 11.9 Å². The smallest absolute Gasteiger partial charge is 0.338 e. The molecule has 0 aromatic heterocycles. The standard InChI is InChI=1S/C10H22N4O5/c11-4-5(1-2-6(12)8(16)17)7(15)3-10(13,14)9(18)19/h5-7,15H,1-4,11-14H2,(H,16,17)(H,18,19)/t5?,6-,7?/m0/s1. The highest BCUT2D eigenvalue weighted by Gasteiger charge is 2.34. The van der Waals surface area contributed by atoms with Gasteiger partial charge < -0.3 is 38.3 Å². The molecule has 0 radical (unpaired) electrons. The molecule has 0 spiro atoms. The molecular weight excluding hydrogens is 256 g/mol. The number of rotatable bonds is 9. The van der Waals surface area contributed by atoms with Crippen LogP contribution in [0.3, 0.4) is 0 Å². The molecule has 0 bridgehead atoms. The molecule has 19 heavy (non-hydrogen) atoms. The van der Waals surface area contributed by atoms with Crippen LogP contribution in [0.5, 0.6) is 0 Å². The largest absolute Gasteiger partial charge is 0.480 e. The second kappa shape index (κ2) is 7.36. The van der Waals surface area contributed by atoms with Crippen molar-refractivity contribution in [1.29, 1.82) is 0 Å². The van der Waals surface area contributed by atoms with Crippen molar-refractivity contribution in [2.24, 2.45) is 28.9 Å². The first-order valence-electron chi connectivity index (χ1n) is 5.79. The Labute approximate surface area is 110 Å². The van der Waals surface area contributed by atoms with E-state index >= 15 is 0 Å². The molecule has 3 atom stereocenters. The average molecular weight is 278 g/mol. The van der Waals surface area contributed by atoms with Gasteiger partial charge in [0.25, 0.3) is 0 Å². The first-order valence-corrected chi connectivity index (χ1v) is 5.79. The SMILES string of the molecule is NCC(CC[C@H](N)C(=O)O)C(O)CC(N)(N)C(=O)O. The fraction of sp³-hybridized carbons (Fsp3) is 0.800. The first kappa shape index (κ1) is 17.7. The molecule has 9 heteroatoms. The highest BCUT2D eigenvalue weighted by atomic mass is 16.4. The maximum absolute atomic E-state index is 10.7. The highest BCUT2D eigenvalue weighted by Crippen LogP contribution is 2.17. The lowest BCUT2D eigenvalue weighted by molar-refractivity contribution is -0.144. The minimum atomic E-state index is -2.05. The third kappa shape index (κ3) is 5.94.